The van der Waals surface area contributed by atoms with E-state index in [2.05, 4.69) is 13.8 Å². The molecule has 334 valence electrons. The second kappa shape index (κ2) is 39.5. The van der Waals surface area contributed by atoms with E-state index in [1.54, 1.807) is 0 Å². The first-order valence-electron chi connectivity index (χ1n) is 23.7. The van der Waals surface area contributed by atoms with E-state index in [9.17, 15) is 19.0 Å². The van der Waals surface area contributed by atoms with Crippen molar-refractivity contribution in [3.05, 3.63) is 0 Å². The Labute approximate surface area is 346 Å². The molecule has 0 aliphatic rings. The summed E-state index contributed by atoms with van der Waals surface area (Å²) >= 11 is 0. The molecule has 1 unspecified atom stereocenters. The number of phosphoric acid groups is 1. The molecule has 0 saturated heterocycles. The number of quaternary nitrogens is 1. The molecule has 0 aromatic heterocycles. The molecule has 0 saturated carbocycles. The average Bonchev–Trinajstić information content (AvgIpc) is 3.15. The van der Waals surface area contributed by atoms with Gasteiger partial charge >= 0.3 is 11.9 Å². The Morgan fingerprint density at radius 3 is 1.14 bits per heavy atom. The van der Waals surface area contributed by atoms with Gasteiger partial charge in [0.1, 0.15) is 19.8 Å². The van der Waals surface area contributed by atoms with Gasteiger partial charge in [-0.3, -0.25) is 14.2 Å². The van der Waals surface area contributed by atoms with E-state index in [1.807, 2.05) is 21.1 Å². The van der Waals surface area contributed by atoms with Crippen LogP contribution in [0.25, 0.3) is 0 Å². The van der Waals surface area contributed by atoms with Gasteiger partial charge in [0.05, 0.1) is 27.7 Å². The lowest BCUT2D eigenvalue weighted by atomic mass is 10.0. The van der Waals surface area contributed by atoms with Crippen molar-refractivity contribution in [2.75, 3.05) is 47.5 Å². The maximum atomic E-state index is 12.7. The Kier molecular flexibility index (Phi) is 38.8. The Hall–Kier alpha value is -0.990. The van der Waals surface area contributed by atoms with Gasteiger partial charge in [0.25, 0.3) is 7.82 Å². The Bertz CT molecular complexity index is 927. The summed E-state index contributed by atoms with van der Waals surface area (Å²) in [6.07, 6.45) is 39.8. The molecule has 0 fully saturated rings. The van der Waals surface area contributed by atoms with Crippen LogP contribution in [0.15, 0.2) is 0 Å². The molecule has 0 heterocycles. The van der Waals surface area contributed by atoms with E-state index in [0.29, 0.717) is 17.4 Å². The number of phosphoric ester groups is 1. The summed E-state index contributed by atoms with van der Waals surface area (Å²) in [6.45, 7) is 4.27. The summed E-state index contributed by atoms with van der Waals surface area (Å²) in [5.41, 5.74) is 0. The number of hydrogen-bond acceptors (Lipinski definition) is 8. The summed E-state index contributed by atoms with van der Waals surface area (Å²) in [7, 11) is 1.18. The fraction of sp³-hybridized carbons (Fsp3) is 0.957. The van der Waals surface area contributed by atoms with Crippen LogP contribution in [-0.4, -0.2) is 70.0 Å². The van der Waals surface area contributed by atoms with Gasteiger partial charge in [-0.2, -0.15) is 0 Å². The zero-order valence-electron chi connectivity index (χ0n) is 37.6. The van der Waals surface area contributed by atoms with Crippen LogP contribution >= 0.6 is 7.82 Å². The number of carbonyl (C=O) groups is 2. The molecule has 0 bridgehead atoms. The van der Waals surface area contributed by atoms with Crippen molar-refractivity contribution < 1.29 is 42.1 Å². The minimum absolute atomic E-state index is 0.0256. The fourth-order valence-electron chi connectivity index (χ4n) is 6.89. The number of hydrogen-bond donors (Lipinski definition) is 0. The second-order valence-corrected chi connectivity index (χ2v) is 18.9. The van der Waals surface area contributed by atoms with Crippen LogP contribution in [0.2, 0.25) is 0 Å². The molecule has 10 heteroatoms. The normalized spacial score (nSPS) is 13.5. The van der Waals surface area contributed by atoms with Crippen molar-refractivity contribution in [3.63, 3.8) is 0 Å². The quantitative estimate of drug-likeness (QED) is 0.0259. The SMILES string of the molecule is CCCCCCCCCCCCCCCCCCCCCC(=O)OC[C@H](COP(=O)([O-])OCC[N+](C)(C)C)OC(=O)CCCCCCCCCCCCCCC. The number of likely N-dealkylation sites (N-methyl/N-ethyl adjacent to an activating group) is 1. The van der Waals surface area contributed by atoms with Gasteiger partial charge in [0, 0.05) is 12.8 Å². The molecule has 0 aliphatic carbocycles. The van der Waals surface area contributed by atoms with Crippen molar-refractivity contribution in [1.29, 1.82) is 0 Å². The molecule has 0 amide bonds. The van der Waals surface area contributed by atoms with Gasteiger partial charge < -0.3 is 27.9 Å². The van der Waals surface area contributed by atoms with Gasteiger partial charge in [-0.15, -0.1) is 0 Å². The predicted octanol–water partition coefficient (Wildman–Crippen LogP) is 13.0. The number of nitrogens with zero attached hydrogens (tertiary/aromatic N) is 1. The van der Waals surface area contributed by atoms with Crippen molar-refractivity contribution >= 4 is 19.8 Å². The van der Waals surface area contributed by atoms with Crippen molar-refractivity contribution in [1.82, 2.24) is 0 Å². The molecule has 0 rings (SSSR count). The van der Waals surface area contributed by atoms with E-state index >= 15 is 0 Å². The molecule has 0 aliphatic heterocycles. The second-order valence-electron chi connectivity index (χ2n) is 17.5. The van der Waals surface area contributed by atoms with E-state index in [-0.39, 0.29) is 32.0 Å². The number of esters is 2. The maximum absolute atomic E-state index is 12.7. The minimum Gasteiger partial charge on any atom is -0.756 e. The molecular weight excluding hydrogens is 725 g/mol. The third-order valence-electron chi connectivity index (χ3n) is 10.6. The molecule has 9 nitrogen and oxygen atoms in total. The topological polar surface area (TPSA) is 111 Å². The van der Waals surface area contributed by atoms with E-state index < -0.39 is 26.5 Å². The zero-order chi connectivity index (χ0) is 41.4. The number of ether oxygens (including phenoxy) is 2. The van der Waals surface area contributed by atoms with E-state index in [1.165, 1.54) is 167 Å². The fourth-order valence-corrected chi connectivity index (χ4v) is 7.62. The number of carbonyl (C=O) groups excluding carboxylic acids is 2. The summed E-state index contributed by atoms with van der Waals surface area (Å²) < 4.78 is 34.0. The highest BCUT2D eigenvalue weighted by molar-refractivity contribution is 7.45. The van der Waals surface area contributed by atoms with Crippen molar-refractivity contribution in [3.8, 4) is 0 Å². The lowest BCUT2D eigenvalue weighted by Crippen LogP contribution is -2.37. The maximum Gasteiger partial charge on any atom is 0.306 e. The van der Waals surface area contributed by atoms with E-state index in [0.717, 1.165) is 32.1 Å². The third-order valence-corrected chi connectivity index (χ3v) is 11.6. The van der Waals surface area contributed by atoms with Crippen LogP contribution in [-0.2, 0) is 32.7 Å². The number of rotatable bonds is 44. The molecule has 0 N–H and O–H groups in total. The smallest absolute Gasteiger partial charge is 0.306 e. The summed E-state index contributed by atoms with van der Waals surface area (Å²) in [4.78, 5) is 37.6. The monoisotopic (exact) mass is 818 g/mol. The first-order valence-corrected chi connectivity index (χ1v) is 25.2. The molecule has 0 radical (unpaired) electrons. The van der Waals surface area contributed by atoms with Crippen LogP contribution in [0.1, 0.15) is 232 Å². The highest BCUT2D eigenvalue weighted by Gasteiger charge is 2.21. The highest BCUT2D eigenvalue weighted by atomic mass is 31.2. The summed E-state index contributed by atoms with van der Waals surface area (Å²) in [5, 5.41) is 0. The first kappa shape index (κ1) is 55.0. The Balaban J connectivity index is 4.22. The van der Waals surface area contributed by atoms with Gasteiger partial charge in [-0.25, -0.2) is 0 Å². The van der Waals surface area contributed by atoms with Gasteiger partial charge in [-0.05, 0) is 12.8 Å². The molecule has 0 aromatic rings. The third kappa shape index (κ3) is 42.6. The van der Waals surface area contributed by atoms with Crippen molar-refractivity contribution in [2.45, 2.75) is 238 Å². The van der Waals surface area contributed by atoms with Gasteiger partial charge in [0.2, 0.25) is 0 Å². The molecule has 2 atom stereocenters. The summed E-state index contributed by atoms with van der Waals surface area (Å²) in [5.74, 6) is -0.817. The minimum atomic E-state index is -4.62. The van der Waals surface area contributed by atoms with Crippen LogP contribution in [0.4, 0.5) is 0 Å². The highest BCUT2D eigenvalue weighted by Crippen LogP contribution is 2.38. The Morgan fingerprint density at radius 2 is 0.804 bits per heavy atom. The average molecular weight is 818 g/mol. The standard InChI is InChI=1S/C46H92NO8P/c1-6-8-10-12-14-16-18-20-21-22-23-24-25-27-28-30-32-34-36-38-45(48)52-42-44(43-54-56(50,51)53-41-40-47(3,4)5)55-46(49)39-37-35-33-31-29-26-19-17-15-13-11-9-7-2/h44H,6-43H2,1-5H3/t44-/m1/s1. The molecular formula is C46H92NO8P. The van der Waals surface area contributed by atoms with Crippen LogP contribution in [0.3, 0.4) is 0 Å². The first-order chi connectivity index (χ1) is 27.0. The predicted molar refractivity (Wildman–Crippen MR) is 232 cm³/mol. The Morgan fingerprint density at radius 1 is 0.482 bits per heavy atom. The zero-order valence-corrected chi connectivity index (χ0v) is 38.5. The van der Waals surface area contributed by atoms with Crippen LogP contribution in [0.5, 0.6) is 0 Å². The van der Waals surface area contributed by atoms with Gasteiger partial charge in [-0.1, -0.05) is 206 Å². The van der Waals surface area contributed by atoms with Gasteiger partial charge in [0.15, 0.2) is 6.10 Å². The largest absolute Gasteiger partial charge is 0.756 e. The van der Waals surface area contributed by atoms with Crippen LogP contribution < -0.4 is 4.89 Å². The summed E-state index contributed by atoms with van der Waals surface area (Å²) in [6, 6.07) is 0. The van der Waals surface area contributed by atoms with Crippen LogP contribution in [0, 0.1) is 0 Å². The lowest BCUT2D eigenvalue weighted by Gasteiger charge is -2.28. The number of unbranched alkanes of at least 4 members (excludes halogenated alkanes) is 30. The molecule has 56 heavy (non-hydrogen) atoms. The van der Waals surface area contributed by atoms with Crippen molar-refractivity contribution in [2.24, 2.45) is 0 Å². The molecule has 0 aromatic carbocycles. The molecule has 0 spiro atoms. The van der Waals surface area contributed by atoms with E-state index in [4.69, 9.17) is 18.5 Å². The lowest BCUT2D eigenvalue weighted by molar-refractivity contribution is -0.870.